The summed E-state index contributed by atoms with van der Waals surface area (Å²) in [6.07, 6.45) is 0.397. The molecule has 0 heterocycles. The minimum Gasteiger partial charge on any atom is -0.463 e. The maximum atomic E-state index is 12.9. The molecule has 2 unspecified atom stereocenters. The molecule has 0 fully saturated rings. The molecule has 0 saturated heterocycles. The fourth-order valence-electron chi connectivity index (χ4n) is 3.42. The molecule has 0 aliphatic rings. The lowest BCUT2D eigenvalue weighted by atomic mass is 9.65. The fourth-order valence-corrected chi connectivity index (χ4v) is 3.42. The van der Waals surface area contributed by atoms with E-state index in [1.165, 1.54) is 0 Å². The van der Waals surface area contributed by atoms with Crippen molar-refractivity contribution in [3.8, 4) is 0 Å². The number of rotatable bonds is 14. The van der Waals surface area contributed by atoms with Gasteiger partial charge in [0.2, 0.25) is 0 Å². The minimum atomic E-state index is -1.26. The predicted octanol–water partition coefficient (Wildman–Crippen LogP) is 0.822. The van der Waals surface area contributed by atoms with Gasteiger partial charge in [0.15, 0.2) is 0 Å². The fraction of sp³-hybridized carbons (Fsp3) is 0.850. The first-order chi connectivity index (χ1) is 13.4. The van der Waals surface area contributed by atoms with Gasteiger partial charge in [0.1, 0.15) is 19.8 Å². The van der Waals surface area contributed by atoms with Crippen LogP contribution in [0.15, 0.2) is 0 Å². The second-order valence-electron chi connectivity index (χ2n) is 8.29. The molecule has 2 atom stereocenters. The Bertz CT molecular complexity index is 546. The van der Waals surface area contributed by atoms with Crippen LogP contribution in [0.5, 0.6) is 0 Å². The van der Waals surface area contributed by atoms with Crippen molar-refractivity contribution in [2.45, 2.75) is 53.9 Å². The molecule has 0 rings (SSSR count). The van der Waals surface area contributed by atoms with Crippen molar-refractivity contribution in [2.24, 2.45) is 16.2 Å². The number of hydrogen-bond donors (Lipinski definition) is 3. The van der Waals surface area contributed by atoms with Crippen LogP contribution in [0.1, 0.15) is 53.9 Å². The Morgan fingerprint density at radius 2 is 1.03 bits per heavy atom. The van der Waals surface area contributed by atoms with E-state index in [0.29, 0.717) is 6.42 Å². The van der Waals surface area contributed by atoms with Gasteiger partial charge < -0.3 is 29.5 Å². The summed E-state index contributed by atoms with van der Waals surface area (Å²) in [4.78, 5) is 37.8. The van der Waals surface area contributed by atoms with Gasteiger partial charge in [-0.05, 0) is 47.0 Å². The van der Waals surface area contributed by atoms with Crippen LogP contribution in [-0.4, -0.2) is 72.9 Å². The number of hydrogen-bond acceptors (Lipinski definition) is 9. The maximum absolute atomic E-state index is 12.9. The summed E-state index contributed by atoms with van der Waals surface area (Å²) in [7, 11) is 0. The van der Waals surface area contributed by atoms with E-state index in [4.69, 9.17) is 29.5 Å². The normalized spacial score (nSPS) is 15.7. The number of aliphatic hydroxyl groups excluding tert-OH is 3. The zero-order chi connectivity index (χ0) is 22.7. The van der Waals surface area contributed by atoms with Crippen molar-refractivity contribution in [1.29, 1.82) is 0 Å². The van der Waals surface area contributed by atoms with Gasteiger partial charge in [0.05, 0.1) is 36.1 Å². The second kappa shape index (κ2) is 12.1. The lowest BCUT2D eigenvalue weighted by Gasteiger charge is -2.39. The van der Waals surface area contributed by atoms with Crippen LogP contribution in [0.2, 0.25) is 0 Å². The summed E-state index contributed by atoms with van der Waals surface area (Å²) in [5.41, 5.74) is -3.43. The van der Waals surface area contributed by atoms with Crippen molar-refractivity contribution in [1.82, 2.24) is 0 Å². The van der Waals surface area contributed by atoms with E-state index in [1.807, 2.05) is 0 Å². The molecule has 0 aromatic heterocycles. The molecule has 0 aliphatic heterocycles. The van der Waals surface area contributed by atoms with Crippen LogP contribution in [0.3, 0.4) is 0 Å². The number of esters is 3. The quantitative estimate of drug-likeness (QED) is 0.275. The molecular weight excluding hydrogens is 384 g/mol. The first-order valence-corrected chi connectivity index (χ1v) is 9.76. The van der Waals surface area contributed by atoms with E-state index in [9.17, 15) is 14.4 Å². The molecule has 170 valence electrons. The highest BCUT2D eigenvalue weighted by atomic mass is 16.6. The Morgan fingerprint density at radius 1 is 0.655 bits per heavy atom. The van der Waals surface area contributed by atoms with Crippen molar-refractivity contribution >= 4 is 17.9 Å². The molecule has 29 heavy (non-hydrogen) atoms. The number of carbonyl (C=O) groups is 3. The summed E-state index contributed by atoms with van der Waals surface area (Å²) in [6, 6.07) is 0. The van der Waals surface area contributed by atoms with Crippen LogP contribution < -0.4 is 0 Å². The SMILES string of the molecule is CCC(C)(CC(C)(CC(C)(C)C(=O)OCCO)C(=O)OCCO)C(=O)OCCO. The van der Waals surface area contributed by atoms with E-state index in [2.05, 4.69) is 0 Å². The van der Waals surface area contributed by atoms with Crippen molar-refractivity contribution in [2.75, 3.05) is 39.6 Å². The average molecular weight is 420 g/mol. The van der Waals surface area contributed by atoms with Crippen molar-refractivity contribution in [3.05, 3.63) is 0 Å². The minimum absolute atomic E-state index is 0.0113. The molecule has 0 aromatic carbocycles. The van der Waals surface area contributed by atoms with Gasteiger partial charge in [0.25, 0.3) is 0 Å². The van der Waals surface area contributed by atoms with Gasteiger partial charge in [-0.25, -0.2) is 0 Å². The van der Waals surface area contributed by atoms with Gasteiger partial charge >= 0.3 is 17.9 Å². The summed E-state index contributed by atoms with van der Waals surface area (Å²) < 4.78 is 15.2. The van der Waals surface area contributed by atoms with Gasteiger partial charge in [-0.1, -0.05) is 6.92 Å². The third-order valence-electron chi connectivity index (χ3n) is 4.90. The number of carbonyl (C=O) groups excluding carboxylic acids is 3. The summed E-state index contributed by atoms with van der Waals surface area (Å²) in [6.45, 7) is 6.74. The lowest BCUT2D eigenvalue weighted by Crippen LogP contribution is -2.44. The molecular formula is C20H36O9. The second-order valence-corrected chi connectivity index (χ2v) is 8.29. The van der Waals surface area contributed by atoms with Crippen LogP contribution in [-0.2, 0) is 28.6 Å². The van der Waals surface area contributed by atoms with Crippen molar-refractivity contribution in [3.63, 3.8) is 0 Å². The number of aliphatic hydroxyl groups is 3. The molecule has 9 heteroatoms. The van der Waals surface area contributed by atoms with E-state index in [0.717, 1.165) is 0 Å². The van der Waals surface area contributed by atoms with Crippen LogP contribution >= 0.6 is 0 Å². The van der Waals surface area contributed by atoms with Gasteiger partial charge in [-0.3, -0.25) is 14.4 Å². The van der Waals surface area contributed by atoms with Gasteiger partial charge in [-0.15, -0.1) is 0 Å². The van der Waals surface area contributed by atoms with Crippen LogP contribution in [0.25, 0.3) is 0 Å². The zero-order valence-corrected chi connectivity index (χ0v) is 18.2. The number of ether oxygens (including phenoxy) is 3. The molecule has 3 N–H and O–H groups in total. The van der Waals surface area contributed by atoms with E-state index >= 15 is 0 Å². The summed E-state index contributed by atoms with van der Waals surface area (Å²) in [5.74, 6) is -1.80. The highest BCUT2D eigenvalue weighted by molar-refractivity contribution is 5.82. The molecule has 0 amide bonds. The monoisotopic (exact) mass is 420 g/mol. The molecule has 0 aliphatic carbocycles. The highest BCUT2D eigenvalue weighted by Gasteiger charge is 2.49. The smallest absolute Gasteiger partial charge is 0.311 e. The standard InChI is InChI=1S/C20H36O9/c1-6-19(4,16(25)28-11-8-22)14-20(5,17(26)29-12-9-23)13-18(2,3)15(24)27-10-7-21/h21-23H,6-14H2,1-5H3. The molecule has 0 aromatic rings. The topological polar surface area (TPSA) is 140 Å². The third-order valence-corrected chi connectivity index (χ3v) is 4.90. The molecule has 0 spiro atoms. The summed E-state index contributed by atoms with van der Waals surface area (Å²) >= 11 is 0. The lowest BCUT2D eigenvalue weighted by molar-refractivity contribution is -0.170. The molecule has 0 radical (unpaired) electrons. The molecule has 9 nitrogen and oxygen atoms in total. The Kier molecular flexibility index (Phi) is 11.4. The van der Waals surface area contributed by atoms with Crippen LogP contribution in [0.4, 0.5) is 0 Å². The first kappa shape index (κ1) is 27.3. The highest BCUT2D eigenvalue weighted by Crippen LogP contribution is 2.45. The average Bonchev–Trinajstić information content (AvgIpc) is 2.67. The molecule has 0 saturated carbocycles. The Hall–Kier alpha value is -1.71. The van der Waals surface area contributed by atoms with Gasteiger partial charge in [0, 0.05) is 0 Å². The van der Waals surface area contributed by atoms with E-state index in [-0.39, 0.29) is 52.5 Å². The first-order valence-electron chi connectivity index (χ1n) is 9.76. The van der Waals surface area contributed by atoms with Gasteiger partial charge in [-0.2, -0.15) is 0 Å². The Balaban J connectivity index is 5.78. The zero-order valence-electron chi connectivity index (χ0n) is 18.2. The largest absolute Gasteiger partial charge is 0.463 e. The maximum Gasteiger partial charge on any atom is 0.311 e. The van der Waals surface area contributed by atoms with E-state index < -0.39 is 34.2 Å². The predicted molar refractivity (Wildman–Crippen MR) is 104 cm³/mol. The Morgan fingerprint density at radius 3 is 1.41 bits per heavy atom. The van der Waals surface area contributed by atoms with Crippen LogP contribution in [0, 0.1) is 16.2 Å². The van der Waals surface area contributed by atoms with E-state index in [1.54, 1.807) is 34.6 Å². The van der Waals surface area contributed by atoms with Crippen molar-refractivity contribution < 1.29 is 43.9 Å². The summed E-state index contributed by atoms with van der Waals surface area (Å²) in [5, 5.41) is 26.8. The third kappa shape index (κ3) is 8.28. The Labute approximate surface area is 172 Å². The molecule has 0 bridgehead atoms.